The second kappa shape index (κ2) is 5.28. The minimum atomic E-state index is -0.761. The monoisotopic (exact) mass is 283 g/mol. The normalized spacial score (nSPS) is 10.7. The van der Waals surface area contributed by atoms with Gasteiger partial charge in [0.15, 0.2) is 0 Å². The molecule has 1 heterocycles. The number of fused-ring (bicyclic) bond motifs is 1. The number of methoxy groups -OCH3 is 1. The summed E-state index contributed by atoms with van der Waals surface area (Å²) in [4.78, 5) is 25.8. The molecule has 0 spiro atoms. The van der Waals surface area contributed by atoms with Crippen LogP contribution < -0.4 is 16.1 Å². The van der Waals surface area contributed by atoms with Crippen molar-refractivity contribution < 1.29 is 9.15 Å². The number of ether oxygens (including phenoxy) is 1. The van der Waals surface area contributed by atoms with Crippen molar-refractivity contribution in [3.8, 4) is 5.75 Å². The van der Waals surface area contributed by atoms with Crippen molar-refractivity contribution in [2.75, 3.05) is 7.11 Å². The van der Waals surface area contributed by atoms with Gasteiger partial charge >= 0.3 is 11.4 Å². The predicted octanol–water partition coefficient (Wildman–Crippen LogP) is 2.08. The van der Waals surface area contributed by atoms with Crippen LogP contribution in [0.25, 0.3) is 10.9 Å². The van der Waals surface area contributed by atoms with Crippen LogP contribution in [0, 0.1) is 0 Å². The van der Waals surface area contributed by atoms with E-state index in [2.05, 4.69) is 9.40 Å². The van der Waals surface area contributed by atoms with Crippen molar-refractivity contribution >= 4 is 10.9 Å². The minimum Gasteiger partial charge on any atom is -0.496 e. The minimum absolute atomic E-state index is 0.345. The van der Waals surface area contributed by atoms with Crippen LogP contribution in [0.4, 0.5) is 0 Å². The van der Waals surface area contributed by atoms with E-state index in [0.29, 0.717) is 28.6 Å². The van der Waals surface area contributed by atoms with E-state index in [-0.39, 0.29) is 0 Å². The first-order valence-electron chi connectivity index (χ1n) is 6.46. The summed E-state index contributed by atoms with van der Waals surface area (Å²) in [6.45, 7) is 0. The molecule has 0 saturated carbocycles. The number of nitrogens with one attached hydrogen (secondary N) is 1. The first-order chi connectivity index (χ1) is 10.2. The molecule has 0 amide bonds. The summed E-state index contributed by atoms with van der Waals surface area (Å²) in [6.07, 6.45) is 0.512. The fourth-order valence-electron chi connectivity index (χ4n) is 2.40. The zero-order valence-corrected chi connectivity index (χ0v) is 11.4. The SMILES string of the molecule is COc1ccc2[nH]c(=O)oc(=O)c2c1Cc1ccccc1. The summed E-state index contributed by atoms with van der Waals surface area (Å²) < 4.78 is 9.98. The van der Waals surface area contributed by atoms with Gasteiger partial charge in [-0.25, -0.2) is 9.59 Å². The van der Waals surface area contributed by atoms with Gasteiger partial charge in [-0.3, -0.25) is 4.98 Å². The van der Waals surface area contributed by atoms with Gasteiger partial charge in [0.05, 0.1) is 18.0 Å². The third-order valence-corrected chi connectivity index (χ3v) is 3.34. The van der Waals surface area contributed by atoms with Gasteiger partial charge in [-0.1, -0.05) is 30.3 Å². The number of benzene rings is 2. The molecule has 0 radical (unpaired) electrons. The molecule has 3 rings (SSSR count). The Bertz CT molecular complexity index is 894. The highest BCUT2D eigenvalue weighted by atomic mass is 16.5. The average molecular weight is 283 g/mol. The molecule has 0 bridgehead atoms. The number of rotatable bonds is 3. The van der Waals surface area contributed by atoms with Gasteiger partial charge < -0.3 is 9.15 Å². The van der Waals surface area contributed by atoms with E-state index in [1.165, 1.54) is 0 Å². The Kier molecular flexibility index (Phi) is 3.31. The molecule has 0 aliphatic heterocycles. The van der Waals surface area contributed by atoms with E-state index in [1.54, 1.807) is 19.2 Å². The first-order valence-corrected chi connectivity index (χ1v) is 6.46. The van der Waals surface area contributed by atoms with Crippen LogP contribution in [0.2, 0.25) is 0 Å². The zero-order chi connectivity index (χ0) is 14.8. The summed E-state index contributed by atoms with van der Waals surface area (Å²) in [5.74, 6) is -0.172. The molecular formula is C16H13NO4. The highest BCUT2D eigenvalue weighted by Crippen LogP contribution is 2.26. The highest BCUT2D eigenvalue weighted by molar-refractivity contribution is 5.83. The van der Waals surface area contributed by atoms with Crippen molar-refractivity contribution in [2.45, 2.75) is 6.42 Å². The van der Waals surface area contributed by atoms with Crippen LogP contribution in [0.1, 0.15) is 11.1 Å². The number of hydrogen-bond acceptors (Lipinski definition) is 4. The van der Waals surface area contributed by atoms with Gasteiger partial charge in [-0.05, 0) is 17.7 Å². The van der Waals surface area contributed by atoms with E-state index in [9.17, 15) is 9.59 Å². The molecule has 0 aliphatic carbocycles. The number of aromatic amines is 1. The number of aromatic nitrogens is 1. The van der Waals surface area contributed by atoms with Crippen molar-refractivity contribution in [3.63, 3.8) is 0 Å². The molecule has 5 heteroatoms. The van der Waals surface area contributed by atoms with Gasteiger partial charge in [-0.2, -0.15) is 0 Å². The average Bonchev–Trinajstić information content (AvgIpc) is 2.48. The third kappa shape index (κ3) is 2.45. The molecule has 1 N–H and O–H groups in total. The molecule has 2 aromatic carbocycles. The standard InChI is InChI=1S/C16H13NO4/c1-20-13-8-7-12-14(15(18)21-16(19)17-12)11(13)9-10-5-3-2-4-6-10/h2-8H,9H2,1H3,(H,17,19). The molecule has 1 aromatic heterocycles. The maximum Gasteiger partial charge on any atom is 0.419 e. The Hall–Kier alpha value is -2.82. The lowest BCUT2D eigenvalue weighted by atomic mass is 10.0. The van der Waals surface area contributed by atoms with E-state index < -0.39 is 11.4 Å². The Morgan fingerprint density at radius 3 is 2.57 bits per heavy atom. The molecule has 5 nitrogen and oxygen atoms in total. The van der Waals surface area contributed by atoms with E-state index in [4.69, 9.17) is 4.74 Å². The van der Waals surface area contributed by atoms with Crippen LogP contribution in [-0.2, 0) is 6.42 Å². The van der Waals surface area contributed by atoms with Gasteiger partial charge in [0.1, 0.15) is 5.75 Å². The van der Waals surface area contributed by atoms with Crippen molar-refractivity contribution in [2.24, 2.45) is 0 Å². The lowest BCUT2D eigenvalue weighted by Gasteiger charge is -2.10. The highest BCUT2D eigenvalue weighted by Gasteiger charge is 2.14. The molecule has 0 aliphatic rings. The molecule has 0 fully saturated rings. The summed E-state index contributed by atoms with van der Waals surface area (Å²) in [5.41, 5.74) is 1.53. The van der Waals surface area contributed by atoms with E-state index in [1.807, 2.05) is 30.3 Å². The van der Waals surface area contributed by atoms with Crippen LogP contribution in [0.15, 0.2) is 56.5 Å². The predicted molar refractivity (Wildman–Crippen MR) is 78.9 cm³/mol. The Morgan fingerprint density at radius 2 is 1.86 bits per heavy atom. The Balaban J connectivity index is 2.28. The summed E-state index contributed by atoms with van der Waals surface area (Å²) in [6, 6.07) is 13.1. The van der Waals surface area contributed by atoms with Gasteiger partial charge in [0.2, 0.25) is 0 Å². The Morgan fingerprint density at radius 1 is 1.10 bits per heavy atom. The van der Waals surface area contributed by atoms with Crippen LogP contribution >= 0.6 is 0 Å². The Labute approximate surface area is 119 Å². The van der Waals surface area contributed by atoms with Crippen LogP contribution in [0.5, 0.6) is 5.75 Å². The van der Waals surface area contributed by atoms with Crippen LogP contribution in [0.3, 0.4) is 0 Å². The summed E-state index contributed by atoms with van der Waals surface area (Å²) in [7, 11) is 1.54. The summed E-state index contributed by atoms with van der Waals surface area (Å²) >= 11 is 0. The third-order valence-electron chi connectivity index (χ3n) is 3.34. The smallest absolute Gasteiger partial charge is 0.419 e. The van der Waals surface area contributed by atoms with Gasteiger partial charge in [-0.15, -0.1) is 0 Å². The second-order valence-electron chi connectivity index (χ2n) is 4.63. The summed E-state index contributed by atoms with van der Waals surface area (Å²) in [5, 5.41) is 0.345. The van der Waals surface area contributed by atoms with Gasteiger partial charge in [0.25, 0.3) is 0 Å². The van der Waals surface area contributed by atoms with Crippen molar-refractivity contribution in [3.05, 3.63) is 74.6 Å². The second-order valence-corrected chi connectivity index (χ2v) is 4.63. The molecule has 21 heavy (non-hydrogen) atoms. The van der Waals surface area contributed by atoms with Crippen LogP contribution in [-0.4, -0.2) is 12.1 Å². The zero-order valence-electron chi connectivity index (χ0n) is 11.4. The van der Waals surface area contributed by atoms with E-state index in [0.717, 1.165) is 5.56 Å². The van der Waals surface area contributed by atoms with Crippen molar-refractivity contribution in [1.82, 2.24) is 4.98 Å². The fraction of sp³-hybridized carbons (Fsp3) is 0.125. The van der Waals surface area contributed by atoms with Crippen molar-refractivity contribution in [1.29, 1.82) is 0 Å². The quantitative estimate of drug-likeness (QED) is 0.798. The lowest BCUT2D eigenvalue weighted by Crippen LogP contribution is -2.16. The largest absolute Gasteiger partial charge is 0.496 e. The lowest BCUT2D eigenvalue weighted by molar-refractivity contribution is 0.410. The number of H-pyrrole nitrogens is 1. The maximum atomic E-state index is 12.0. The molecule has 106 valence electrons. The number of hydrogen-bond donors (Lipinski definition) is 1. The molecule has 0 atom stereocenters. The molecule has 0 saturated heterocycles. The maximum absolute atomic E-state index is 12.0. The topological polar surface area (TPSA) is 72.3 Å². The molecule has 3 aromatic rings. The van der Waals surface area contributed by atoms with E-state index >= 15 is 0 Å². The molecule has 0 unspecified atom stereocenters. The first kappa shape index (κ1) is 13.2. The molecular weight excluding hydrogens is 270 g/mol. The fourth-order valence-corrected chi connectivity index (χ4v) is 2.40. The van der Waals surface area contributed by atoms with Gasteiger partial charge in [0, 0.05) is 12.0 Å².